The minimum absolute atomic E-state index is 0. The van der Waals surface area contributed by atoms with Crippen LogP contribution in [0.4, 0.5) is 5.82 Å². The minimum Gasteiger partial charge on any atom is -0.375 e. The quantitative estimate of drug-likeness (QED) is 0.848. The maximum absolute atomic E-state index is 12.2. The molecule has 0 spiro atoms. The van der Waals surface area contributed by atoms with Gasteiger partial charge in [-0.05, 0) is 24.6 Å². The first-order chi connectivity index (χ1) is 10.7. The minimum atomic E-state index is -0.348. The molecule has 2 aromatic heterocycles. The lowest BCUT2D eigenvalue weighted by Gasteiger charge is -2.28. The molecule has 7 nitrogen and oxygen atoms in total. The van der Waals surface area contributed by atoms with Crippen molar-refractivity contribution < 1.29 is 9.53 Å². The molecule has 1 aliphatic heterocycles. The van der Waals surface area contributed by atoms with Gasteiger partial charge in [-0.15, -0.1) is 24.8 Å². The molecule has 132 valence electrons. The standard InChI is InChI=1S/C15H19N5O2.2ClH/c1-11-14(17-7-9-22-11)15(21)18-13-4-8-20(19-13)10-12-2-5-16-6-3-12;;/h2-6,8,11,14,17H,7,9-10H2,1H3,(H,18,19,21);2*1H/t11-,14+;;/m1../s1. The van der Waals surface area contributed by atoms with Crippen LogP contribution in [0.2, 0.25) is 0 Å². The number of amides is 1. The van der Waals surface area contributed by atoms with E-state index in [0.717, 1.165) is 5.56 Å². The molecule has 0 bridgehead atoms. The first-order valence-electron chi connectivity index (χ1n) is 7.30. The Morgan fingerprint density at radius 2 is 2.12 bits per heavy atom. The molecule has 24 heavy (non-hydrogen) atoms. The highest BCUT2D eigenvalue weighted by atomic mass is 35.5. The highest BCUT2D eigenvalue weighted by Crippen LogP contribution is 2.09. The van der Waals surface area contributed by atoms with Gasteiger partial charge in [0.05, 0.1) is 19.3 Å². The second-order valence-corrected chi connectivity index (χ2v) is 5.25. The average molecular weight is 374 g/mol. The third kappa shape index (κ3) is 5.17. The van der Waals surface area contributed by atoms with Crippen LogP contribution in [-0.4, -0.2) is 46.0 Å². The lowest BCUT2D eigenvalue weighted by atomic mass is 10.1. The monoisotopic (exact) mass is 373 g/mol. The zero-order valence-electron chi connectivity index (χ0n) is 13.2. The van der Waals surface area contributed by atoms with Gasteiger partial charge in [-0.3, -0.25) is 14.5 Å². The van der Waals surface area contributed by atoms with E-state index >= 15 is 0 Å². The van der Waals surface area contributed by atoms with Crippen LogP contribution in [0.5, 0.6) is 0 Å². The molecule has 0 radical (unpaired) electrons. The second kappa shape index (κ2) is 9.58. The Hall–Kier alpha value is -1.67. The fraction of sp³-hybridized carbons (Fsp3) is 0.400. The van der Waals surface area contributed by atoms with Gasteiger partial charge in [-0.1, -0.05) is 0 Å². The second-order valence-electron chi connectivity index (χ2n) is 5.25. The number of nitrogens with one attached hydrogen (secondary N) is 2. The number of halogens is 2. The molecule has 0 aliphatic carbocycles. The normalized spacial score (nSPS) is 19.7. The first-order valence-corrected chi connectivity index (χ1v) is 7.30. The number of hydrogen-bond acceptors (Lipinski definition) is 5. The van der Waals surface area contributed by atoms with E-state index in [4.69, 9.17) is 4.74 Å². The lowest BCUT2D eigenvalue weighted by molar-refractivity contribution is -0.123. The van der Waals surface area contributed by atoms with E-state index in [1.807, 2.05) is 25.3 Å². The molecule has 2 atom stereocenters. The number of ether oxygens (including phenoxy) is 1. The largest absolute Gasteiger partial charge is 0.375 e. The zero-order chi connectivity index (χ0) is 15.4. The predicted molar refractivity (Wildman–Crippen MR) is 95.9 cm³/mol. The summed E-state index contributed by atoms with van der Waals surface area (Å²) in [5, 5.41) is 10.3. The molecule has 1 aliphatic rings. The molecule has 0 saturated carbocycles. The molecule has 2 aromatic rings. The molecule has 3 heterocycles. The summed E-state index contributed by atoms with van der Waals surface area (Å²) >= 11 is 0. The summed E-state index contributed by atoms with van der Waals surface area (Å²) in [7, 11) is 0. The molecule has 3 rings (SSSR count). The van der Waals surface area contributed by atoms with Crippen molar-refractivity contribution in [2.45, 2.75) is 25.6 Å². The van der Waals surface area contributed by atoms with E-state index in [1.165, 1.54) is 0 Å². The molecular formula is C15H21Cl2N5O2. The van der Waals surface area contributed by atoms with E-state index in [1.54, 1.807) is 23.1 Å². The van der Waals surface area contributed by atoms with Gasteiger partial charge in [0.15, 0.2) is 5.82 Å². The van der Waals surface area contributed by atoms with E-state index in [-0.39, 0.29) is 42.9 Å². The van der Waals surface area contributed by atoms with Crippen molar-refractivity contribution in [2.24, 2.45) is 0 Å². The van der Waals surface area contributed by atoms with Crippen LogP contribution < -0.4 is 10.6 Å². The van der Waals surface area contributed by atoms with Gasteiger partial charge in [0, 0.05) is 31.2 Å². The Morgan fingerprint density at radius 1 is 1.38 bits per heavy atom. The van der Waals surface area contributed by atoms with Crippen LogP contribution in [0.15, 0.2) is 36.8 Å². The van der Waals surface area contributed by atoms with Crippen molar-refractivity contribution in [3.05, 3.63) is 42.4 Å². The number of carbonyl (C=O) groups is 1. The summed E-state index contributed by atoms with van der Waals surface area (Å²) < 4.78 is 7.26. The smallest absolute Gasteiger partial charge is 0.245 e. The van der Waals surface area contributed by atoms with Gasteiger partial charge in [0.25, 0.3) is 0 Å². The van der Waals surface area contributed by atoms with Gasteiger partial charge in [-0.25, -0.2) is 0 Å². The third-order valence-corrected chi connectivity index (χ3v) is 3.58. The maximum Gasteiger partial charge on any atom is 0.245 e. The summed E-state index contributed by atoms with van der Waals surface area (Å²) in [5.74, 6) is 0.417. The fourth-order valence-electron chi connectivity index (χ4n) is 2.42. The van der Waals surface area contributed by atoms with Crippen molar-refractivity contribution in [3.8, 4) is 0 Å². The summed E-state index contributed by atoms with van der Waals surface area (Å²) in [6, 6.07) is 5.31. The van der Waals surface area contributed by atoms with Crippen molar-refractivity contribution in [1.29, 1.82) is 0 Å². The fourth-order valence-corrected chi connectivity index (χ4v) is 2.42. The molecule has 0 unspecified atom stereocenters. The molecule has 1 saturated heterocycles. The van der Waals surface area contributed by atoms with Gasteiger partial charge < -0.3 is 15.4 Å². The number of hydrogen-bond donors (Lipinski definition) is 2. The summed E-state index contributed by atoms with van der Waals surface area (Å²) in [5.41, 5.74) is 1.10. The number of nitrogens with zero attached hydrogens (tertiary/aromatic N) is 3. The van der Waals surface area contributed by atoms with Crippen LogP contribution in [0.3, 0.4) is 0 Å². The summed E-state index contributed by atoms with van der Waals surface area (Å²) in [4.78, 5) is 16.2. The van der Waals surface area contributed by atoms with E-state index in [0.29, 0.717) is 25.5 Å². The van der Waals surface area contributed by atoms with Crippen LogP contribution >= 0.6 is 24.8 Å². The SMILES string of the molecule is C[C@H]1OCCN[C@@H]1C(=O)Nc1ccn(Cc2ccncc2)n1.Cl.Cl. The topological polar surface area (TPSA) is 81.1 Å². The number of carbonyl (C=O) groups excluding carboxylic acids is 1. The van der Waals surface area contributed by atoms with E-state index in [9.17, 15) is 4.79 Å². The van der Waals surface area contributed by atoms with E-state index in [2.05, 4.69) is 20.7 Å². The lowest BCUT2D eigenvalue weighted by Crippen LogP contribution is -2.53. The number of pyridine rings is 1. The molecule has 9 heteroatoms. The molecular weight excluding hydrogens is 353 g/mol. The third-order valence-electron chi connectivity index (χ3n) is 3.58. The first kappa shape index (κ1) is 20.4. The summed E-state index contributed by atoms with van der Waals surface area (Å²) in [6.45, 7) is 3.84. The van der Waals surface area contributed by atoms with Crippen LogP contribution in [0.1, 0.15) is 12.5 Å². The zero-order valence-corrected chi connectivity index (χ0v) is 14.8. The number of anilines is 1. The maximum atomic E-state index is 12.2. The Bertz CT molecular complexity index is 638. The molecule has 1 fully saturated rings. The number of rotatable bonds is 4. The van der Waals surface area contributed by atoms with Gasteiger partial charge in [-0.2, -0.15) is 5.10 Å². The Morgan fingerprint density at radius 3 is 2.83 bits per heavy atom. The van der Waals surface area contributed by atoms with Crippen molar-refractivity contribution in [1.82, 2.24) is 20.1 Å². The molecule has 2 N–H and O–H groups in total. The van der Waals surface area contributed by atoms with Crippen molar-refractivity contribution >= 4 is 36.5 Å². The van der Waals surface area contributed by atoms with Gasteiger partial charge in [0.2, 0.25) is 5.91 Å². The van der Waals surface area contributed by atoms with E-state index < -0.39 is 0 Å². The predicted octanol–water partition coefficient (Wildman–Crippen LogP) is 1.49. The van der Waals surface area contributed by atoms with Gasteiger partial charge in [0.1, 0.15) is 6.04 Å². The Balaban J connectivity index is 0.00000144. The Kier molecular flexibility index (Phi) is 8.14. The van der Waals surface area contributed by atoms with Crippen molar-refractivity contribution in [3.63, 3.8) is 0 Å². The summed E-state index contributed by atoms with van der Waals surface area (Å²) in [6.07, 6.45) is 5.19. The number of aromatic nitrogens is 3. The Labute approximate surface area is 153 Å². The highest BCUT2D eigenvalue weighted by molar-refractivity contribution is 5.94. The number of morpholine rings is 1. The van der Waals surface area contributed by atoms with Crippen LogP contribution in [0.25, 0.3) is 0 Å². The molecule has 0 aromatic carbocycles. The molecule has 1 amide bonds. The van der Waals surface area contributed by atoms with Gasteiger partial charge >= 0.3 is 0 Å². The van der Waals surface area contributed by atoms with Crippen LogP contribution in [0, 0.1) is 0 Å². The van der Waals surface area contributed by atoms with Crippen LogP contribution in [-0.2, 0) is 16.1 Å². The van der Waals surface area contributed by atoms with Crippen molar-refractivity contribution in [2.75, 3.05) is 18.5 Å². The highest BCUT2D eigenvalue weighted by Gasteiger charge is 2.28. The average Bonchev–Trinajstić information content (AvgIpc) is 2.95.